The summed E-state index contributed by atoms with van der Waals surface area (Å²) in [5, 5.41) is 2.77. The minimum atomic E-state index is -0.420. The van der Waals surface area contributed by atoms with E-state index in [0.29, 0.717) is 34.7 Å². The molecular weight excluding hydrogens is 444 g/mol. The van der Waals surface area contributed by atoms with Crippen LogP contribution in [0.1, 0.15) is 74.0 Å². The lowest BCUT2D eigenvalue weighted by Crippen LogP contribution is -2.29. The van der Waals surface area contributed by atoms with E-state index in [0.717, 1.165) is 30.6 Å². The third-order valence-corrected chi connectivity index (χ3v) is 5.77. The largest absolute Gasteiger partial charge is 0.462 e. The van der Waals surface area contributed by atoms with Gasteiger partial charge in [0, 0.05) is 11.3 Å². The van der Waals surface area contributed by atoms with Crippen LogP contribution in [0.25, 0.3) is 0 Å². The van der Waals surface area contributed by atoms with Crippen molar-refractivity contribution in [3.63, 3.8) is 0 Å². The highest BCUT2D eigenvalue weighted by atomic mass is 16.5. The minimum absolute atomic E-state index is 0.287. The molecule has 178 valence electrons. The summed E-state index contributed by atoms with van der Waals surface area (Å²) in [5.74, 6) is -1.64. The molecule has 35 heavy (non-hydrogen) atoms. The van der Waals surface area contributed by atoms with Crippen LogP contribution < -0.4 is 10.2 Å². The number of amides is 3. The Bertz CT molecular complexity index is 1230. The number of carbonyl (C=O) groups is 4. The molecule has 0 spiro atoms. The molecule has 1 N–H and O–H groups in total. The van der Waals surface area contributed by atoms with E-state index in [9.17, 15) is 19.2 Å². The van der Waals surface area contributed by atoms with Gasteiger partial charge in [-0.3, -0.25) is 14.4 Å². The first kappa shape index (κ1) is 23.9. The number of anilines is 2. The molecule has 0 aromatic heterocycles. The third-order valence-electron chi connectivity index (χ3n) is 5.77. The molecule has 7 nitrogen and oxygen atoms in total. The van der Waals surface area contributed by atoms with E-state index < -0.39 is 23.7 Å². The fourth-order valence-electron chi connectivity index (χ4n) is 3.88. The van der Waals surface area contributed by atoms with Crippen molar-refractivity contribution >= 4 is 35.1 Å². The number of ether oxygens (including phenoxy) is 1. The van der Waals surface area contributed by atoms with Gasteiger partial charge in [0.1, 0.15) is 0 Å². The topological polar surface area (TPSA) is 92.8 Å². The summed E-state index contributed by atoms with van der Waals surface area (Å²) in [4.78, 5) is 51.5. The number of fused-ring (bicyclic) bond motifs is 1. The zero-order valence-corrected chi connectivity index (χ0v) is 19.5. The first-order chi connectivity index (χ1) is 17.0. The predicted molar refractivity (Wildman–Crippen MR) is 133 cm³/mol. The van der Waals surface area contributed by atoms with E-state index in [1.807, 2.05) is 0 Å². The first-order valence-corrected chi connectivity index (χ1v) is 11.7. The van der Waals surface area contributed by atoms with Crippen LogP contribution >= 0.6 is 0 Å². The lowest BCUT2D eigenvalue weighted by atomic mass is 10.1. The Labute approximate surface area is 203 Å². The highest BCUT2D eigenvalue weighted by Gasteiger charge is 2.36. The Morgan fingerprint density at radius 3 is 2.14 bits per heavy atom. The molecule has 1 heterocycles. The number of unbranched alkanes of at least 4 members (excludes halogenated alkanes) is 3. The lowest BCUT2D eigenvalue weighted by Gasteiger charge is -2.15. The SMILES string of the molecule is CCCCCCOC(=O)c1ccc(NC(=O)c2cccc(N3C(=O)c4ccccc4C3=O)c2)cc1. The number of esters is 1. The third kappa shape index (κ3) is 5.30. The Balaban J connectivity index is 1.40. The molecule has 0 saturated carbocycles. The molecule has 0 unspecified atom stereocenters. The fourth-order valence-corrected chi connectivity index (χ4v) is 3.88. The normalized spacial score (nSPS) is 12.4. The Morgan fingerprint density at radius 1 is 0.800 bits per heavy atom. The summed E-state index contributed by atoms with van der Waals surface area (Å²) in [7, 11) is 0. The quantitative estimate of drug-likeness (QED) is 0.254. The molecule has 0 bridgehead atoms. The van der Waals surface area contributed by atoms with Gasteiger partial charge in [-0.1, -0.05) is 44.4 Å². The van der Waals surface area contributed by atoms with Gasteiger partial charge in [-0.2, -0.15) is 0 Å². The van der Waals surface area contributed by atoms with Gasteiger partial charge in [0.25, 0.3) is 17.7 Å². The van der Waals surface area contributed by atoms with E-state index in [2.05, 4.69) is 12.2 Å². The summed E-state index contributed by atoms with van der Waals surface area (Å²) in [6.45, 7) is 2.51. The summed E-state index contributed by atoms with van der Waals surface area (Å²) >= 11 is 0. The van der Waals surface area contributed by atoms with Crippen molar-refractivity contribution in [1.29, 1.82) is 0 Å². The Kier molecular flexibility index (Phi) is 7.35. The number of benzene rings is 3. The van der Waals surface area contributed by atoms with Crippen LogP contribution in [0.15, 0.2) is 72.8 Å². The summed E-state index contributed by atoms with van der Waals surface area (Å²) < 4.78 is 5.28. The average Bonchev–Trinajstić information content (AvgIpc) is 3.14. The molecule has 0 saturated heterocycles. The van der Waals surface area contributed by atoms with Gasteiger partial charge in [0.05, 0.1) is 29.0 Å². The first-order valence-electron chi connectivity index (χ1n) is 11.7. The predicted octanol–water partition coefficient (Wildman–Crippen LogP) is 5.48. The number of nitrogens with zero attached hydrogens (tertiary/aromatic N) is 1. The molecule has 7 heteroatoms. The smallest absolute Gasteiger partial charge is 0.338 e. The van der Waals surface area contributed by atoms with Crippen LogP contribution in [0, 0.1) is 0 Å². The summed E-state index contributed by atoms with van der Waals surface area (Å²) in [6, 6.07) is 19.4. The van der Waals surface area contributed by atoms with Crippen molar-refractivity contribution in [2.24, 2.45) is 0 Å². The Hall–Kier alpha value is -4.26. The number of hydrogen-bond acceptors (Lipinski definition) is 5. The second-order valence-corrected chi connectivity index (χ2v) is 8.27. The van der Waals surface area contributed by atoms with Crippen molar-refractivity contribution in [2.45, 2.75) is 32.6 Å². The zero-order valence-electron chi connectivity index (χ0n) is 19.5. The van der Waals surface area contributed by atoms with Gasteiger partial charge in [-0.05, 0) is 61.0 Å². The molecule has 0 aliphatic carbocycles. The van der Waals surface area contributed by atoms with Gasteiger partial charge >= 0.3 is 5.97 Å². The average molecular weight is 471 g/mol. The van der Waals surface area contributed by atoms with Crippen LogP contribution in [0.3, 0.4) is 0 Å². The van der Waals surface area contributed by atoms with Crippen molar-refractivity contribution in [3.8, 4) is 0 Å². The lowest BCUT2D eigenvalue weighted by molar-refractivity contribution is 0.0497. The molecule has 3 aromatic carbocycles. The van der Waals surface area contributed by atoms with Crippen LogP contribution in [-0.2, 0) is 4.74 Å². The summed E-state index contributed by atoms with van der Waals surface area (Å²) in [5.41, 5.74) is 2.20. The molecule has 3 amide bonds. The van der Waals surface area contributed by atoms with E-state index in [1.54, 1.807) is 66.7 Å². The van der Waals surface area contributed by atoms with Gasteiger partial charge in [0.2, 0.25) is 0 Å². The van der Waals surface area contributed by atoms with Gasteiger partial charge < -0.3 is 10.1 Å². The fraction of sp³-hybridized carbons (Fsp3) is 0.214. The van der Waals surface area contributed by atoms with Crippen LogP contribution in [-0.4, -0.2) is 30.3 Å². The maximum absolute atomic E-state index is 12.8. The standard InChI is InChI=1S/C28H26N2O5/c1-2-3-4-7-17-35-28(34)19-13-15-21(16-14-19)29-25(31)20-9-8-10-22(18-20)30-26(32)23-11-5-6-12-24(23)27(30)33/h5-6,8-16,18H,2-4,7,17H2,1H3,(H,29,31). The molecular formula is C28H26N2O5. The maximum Gasteiger partial charge on any atom is 0.338 e. The van der Waals surface area contributed by atoms with Gasteiger partial charge in [0.15, 0.2) is 0 Å². The van der Waals surface area contributed by atoms with E-state index in [4.69, 9.17) is 4.74 Å². The highest BCUT2D eigenvalue weighted by molar-refractivity contribution is 6.34. The number of imide groups is 1. The molecule has 0 radical (unpaired) electrons. The van der Waals surface area contributed by atoms with Crippen molar-refractivity contribution in [3.05, 3.63) is 95.1 Å². The molecule has 0 atom stereocenters. The van der Waals surface area contributed by atoms with Crippen LogP contribution in [0.2, 0.25) is 0 Å². The van der Waals surface area contributed by atoms with Gasteiger partial charge in [-0.25, -0.2) is 9.69 Å². The number of carbonyl (C=O) groups excluding carboxylic acids is 4. The van der Waals surface area contributed by atoms with E-state index >= 15 is 0 Å². The van der Waals surface area contributed by atoms with Crippen molar-refractivity contribution in [1.82, 2.24) is 0 Å². The molecule has 0 fully saturated rings. The second-order valence-electron chi connectivity index (χ2n) is 8.27. The van der Waals surface area contributed by atoms with Crippen LogP contribution in [0.4, 0.5) is 11.4 Å². The van der Waals surface area contributed by atoms with Crippen LogP contribution in [0.5, 0.6) is 0 Å². The monoisotopic (exact) mass is 470 g/mol. The van der Waals surface area contributed by atoms with Gasteiger partial charge in [-0.15, -0.1) is 0 Å². The Morgan fingerprint density at radius 2 is 1.49 bits per heavy atom. The maximum atomic E-state index is 12.8. The number of hydrogen-bond donors (Lipinski definition) is 1. The second kappa shape index (κ2) is 10.8. The van der Waals surface area contributed by atoms with E-state index in [-0.39, 0.29) is 5.56 Å². The molecule has 3 aromatic rings. The molecule has 1 aliphatic rings. The highest BCUT2D eigenvalue weighted by Crippen LogP contribution is 2.29. The van der Waals surface area contributed by atoms with Crippen molar-refractivity contribution < 1.29 is 23.9 Å². The minimum Gasteiger partial charge on any atom is -0.462 e. The molecule has 4 rings (SSSR count). The molecule has 1 aliphatic heterocycles. The zero-order chi connectivity index (χ0) is 24.8. The number of nitrogens with one attached hydrogen (secondary N) is 1. The van der Waals surface area contributed by atoms with Crippen molar-refractivity contribution in [2.75, 3.05) is 16.8 Å². The summed E-state index contributed by atoms with van der Waals surface area (Å²) in [6.07, 6.45) is 4.11. The number of rotatable bonds is 9. The van der Waals surface area contributed by atoms with E-state index in [1.165, 1.54) is 6.07 Å².